The average molecular weight is 308 g/mol. The van der Waals surface area contributed by atoms with Crippen molar-refractivity contribution in [3.8, 4) is 5.75 Å². The second kappa shape index (κ2) is 4.92. The summed E-state index contributed by atoms with van der Waals surface area (Å²) >= 11 is 9.36. The number of halogens is 2. The molecule has 3 nitrogen and oxygen atoms in total. The number of hydrogen-bond acceptors (Lipinski definition) is 3. The molecular formula is C11H12BrClO3. The summed E-state index contributed by atoms with van der Waals surface area (Å²) in [7, 11) is 1.62. The first-order valence-electron chi connectivity index (χ1n) is 4.90. The van der Waals surface area contributed by atoms with E-state index >= 15 is 0 Å². The molecule has 1 saturated heterocycles. The lowest BCUT2D eigenvalue weighted by Crippen LogP contribution is -2.29. The van der Waals surface area contributed by atoms with E-state index in [0.717, 1.165) is 15.8 Å². The maximum absolute atomic E-state index is 5.93. The van der Waals surface area contributed by atoms with Crippen molar-refractivity contribution in [2.75, 3.05) is 26.2 Å². The Bertz CT molecular complexity index is 377. The van der Waals surface area contributed by atoms with Crippen molar-refractivity contribution in [2.24, 2.45) is 0 Å². The summed E-state index contributed by atoms with van der Waals surface area (Å²) in [4.78, 5) is 0. The van der Waals surface area contributed by atoms with E-state index in [4.69, 9.17) is 25.8 Å². The molecule has 1 aromatic carbocycles. The second-order valence-electron chi connectivity index (χ2n) is 3.43. The van der Waals surface area contributed by atoms with Crippen LogP contribution in [0.3, 0.4) is 0 Å². The van der Waals surface area contributed by atoms with Gasteiger partial charge in [0.1, 0.15) is 5.75 Å². The summed E-state index contributed by atoms with van der Waals surface area (Å²) in [6.07, 6.45) is 0. The van der Waals surface area contributed by atoms with Crippen LogP contribution in [0.5, 0.6) is 5.75 Å². The van der Waals surface area contributed by atoms with Crippen molar-refractivity contribution in [2.45, 2.75) is 5.79 Å². The first-order valence-corrected chi connectivity index (χ1v) is 6.22. The van der Waals surface area contributed by atoms with Crippen molar-refractivity contribution >= 4 is 27.5 Å². The van der Waals surface area contributed by atoms with Crippen molar-refractivity contribution in [1.29, 1.82) is 0 Å². The van der Waals surface area contributed by atoms with Gasteiger partial charge in [-0.05, 0) is 34.1 Å². The van der Waals surface area contributed by atoms with Gasteiger partial charge >= 0.3 is 0 Å². The minimum Gasteiger partial charge on any atom is -0.496 e. The van der Waals surface area contributed by atoms with Gasteiger partial charge in [0.2, 0.25) is 5.79 Å². The molecule has 0 spiro atoms. The fourth-order valence-corrected chi connectivity index (χ4v) is 2.53. The molecule has 0 N–H and O–H groups in total. The lowest BCUT2D eigenvalue weighted by Gasteiger charge is -2.25. The minimum absolute atomic E-state index is 0.270. The fourth-order valence-electron chi connectivity index (χ4n) is 1.68. The molecule has 0 atom stereocenters. The zero-order valence-corrected chi connectivity index (χ0v) is 11.2. The Labute approximate surface area is 108 Å². The van der Waals surface area contributed by atoms with E-state index < -0.39 is 5.79 Å². The third kappa shape index (κ3) is 2.07. The Hall–Kier alpha value is -0.290. The number of ether oxygens (including phenoxy) is 3. The zero-order chi connectivity index (χ0) is 11.6. The largest absolute Gasteiger partial charge is 0.496 e. The van der Waals surface area contributed by atoms with E-state index in [9.17, 15) is 0 Å². The lowest BCUT2D eigenvalue weighted by molar-refractivity contribution is -0.146. The van der Waals surface area contributed by atoms with Crippen LogP contribution in [-0.4, -0.2) is 26.2 Å². The van der Waals surface area contributed by atoms with Crippen molar-refractivity contribution in [3.05, 3.63) is 28.2 Å². The normalized spacial score (nSPS) is 18.7. The van der Waals surface area contributed by atoms with Crippen molar-refractivity contribution in [1.82, 2.24) is 0 Å². The van der Waals surface area contributed by atoms with Crippen LogP contribution >= 0.6 is 27.5 Å². The van der Waals surface area contributed by atoms with Gasteiger partial charge in [-0.25, -0.2) is 0 Å². The van der Waals surface area contributed by atoms with Crippen LogP contribution in [0.15, 0.2) is 22.7 Å². The van der Waals surface area contributed by atoms with E-state index in [1.54, 1.807) is 7.11 Å². The predicted octanol–water partition coefficient (Wildman–Crippen LogP) is 2.90. The van der Waals surface area contributed by atoms with Gasteiger partial charge in [-0.1, -0.05) is 0 Å². The molecule has 0 unspecified atom stereocenters. The van der Waals surface area contributed by atoms with E-state index in [1.807, 2.05) is 18.2 Å². The second-order valence-corrected chi connectivity index (χ2v) is 4.55. The third-order valence-corrected chi connectivity index (χ3v) is 3.49. The van der Waals surface area contributed by atoms with Gasteiger partial charge in [0, 0.05) is 5.56 Å². The van der Waals surface area contributed by atoms with Crippen LogP contribution in [0, 0.1) is 0 Å². The standard InChI is InChI=1S/C11H12BrClO3/c1-14-10-3-2-8(6-9(10)12)11(7-13)15-4-5-16-11/h2-3,6H,4-5,7H2,1H3. The maximum Gasteiger partial charge on any atom is 0.209 e. The number of alkyl halides is 1. The molecule has 1 aromatic rings. The number of hydrogen-bond donors (Lipinski definition) is 0. The molecule has 1 heterocycles. The Morgan fingerprint density at radius 1 is 1.44 bits per heavy atom. The SMILES string of the molecule is COc1ccc(C2(CCl)OCCO2)cc1Br. The molecule has 0 aliphatic carbocycles. The van der Waals surface area contributed by atoms with Crippen LogP contribution < -0.4 is 4.74 Å². The highest BCUT2D eigenvalue weighted by atomic mass is 79.9. The Balaban J connectivity index is 2.36. The summed E-state index contributed by atoms with van der Waals surface area (Å²) in [5, 5.41) is 0. The van der Waals surface area contributed by atoms with Crippen molar-refractivity contribution < 1.29 is 14.2 Å². The summed E-state index contributed by atoms with van der Waals surface area (Å²) < 4.78 is 17.2. The highest BCUT2D eigenvalue weighted by Gasteiger charge is 2.38. The molecule has 0 aromatic heterocycles. The van der Waals surface area contributed by atoms with Gasteiger partial charge < -0.3 is 14.2 Å². The van der Waals surface area contributed by atoms with Crippen LogP contribution in [0.4, 0.5) is 0 Å². The van der Waals surface area contributed by atoms with Gasteiger partial charge in [0.05, 0.1) is 30.7 Å². The molecule has 0 bridgehead atoms. The van der Waals surface area contributed by atoms with Crippen LogP contribution in [0.1, 0.15) is 5.56 Å². The van der Waals surface area contributed by atoms with Gasteiger partial charge in [0.25, 0.3) is 0 Å². The number of benzene rings is 1. The first-order chi connectivity index (χ1) is 7.72. The molecule has 1 aliphatic heterocycles. The zero-order valence-electron chi connectivity index (χ0n) is 8.83. The minimum atomic E-state index is -0.809. The molecule has 5 heteroatoms. The Morgan fingerprint density at radius 2 is 2.12 bits per heavy atom. The molecule has 0 radical (unpaired) electrons. The highest BCUT2D eigenvalue weighted by molar-refractivity contribution is 9.10. The van der Waals surface area contributed by atoms with E-state index in [-0.39, 0.29) is 5.88 Å². The van der Waals surface area contributed by atoms with Crippen LogP contribution in [-0.2, 0) is 15.3 Å². The smallest absolute Gasteiger partial charge is 0.209 e. The predicted molar refractivity (Wildman–Crippen MR) is 65.0 cm³/mol. The van der Waals surface area contributed by atoms with Crippen molar-refractivity contribution in [3.63, 3.8) is 0 Å². The maximum atomic E-state index is 5.93. The van der Waals surface area contributed by atoms with Gasteiger partial charge in [-0.15, -0.1) is 11.6 Å². The van der Waals surface area contributed by atoms with Crippen LogP contribution in [0.2, 0.25) is 0 Å². The first kappa shape index (κ1) is 12.2. The topological polar surface area (TPSA) is 27.7 Å². The van der Waals surface area contributed by atoms with Gasteiger partial charge in [-0.3, -0.25) is 0 Å². The summed E-state index contributed by atoms with van der Waals surface area (Å²) in [5.41, 5.74) is 0.896. The Morgan fingerprint density at radius 3 is 2.62 bits per heavy atom. The molecule has 1 fully saturated rings. The summed E-state index contributed by atoms with van der Waals surface area (Å²) in [6, 6.07) is 5.67. The van der Waals surface area contributed by atoms with Crippen LogP contribution in [0.25, 0.3) is 0 Å². The number of rotatable bonds is 3. The molecule has 1 aliphatic rings. The number of methoxy groups -OCH3 is 1. The molecule has 0 saturated carbocycles. The summed E-state index contributed by atoms with van der Waals surface area (Å²) in [5.74, 6) is 0.230. The van der Waals surface area contributed by atoms with Gasteiger partial charge in [0.15, 0.2) is 0 Å². The molecule has 16 heavy (non-hydrogen) atoms. The third-order valence-electron chi connectivity index (χ3n) is 2.52. The quantitative estimate of drug-likeness (QED) is 0.804. The molecule has 2 rings (SSSR count). The summed E-state index contributed by atoms with van der Waals surface area (Å²) in [6.45, 7) is 1.13. The highest BCUT2D eigenvalue weighted by Crippen LogP contribution is 2.36. The Kier molecular flexibility index (Phi) is 3.74. The fraction of sp³-hybridized carbons (Fsp3) is 0.455. The molecule has 0 amide bonds. The molecular weight excluding hydrogens is 295 g/mol. The van der Waals surface area contributed by atoms with E-state index in [2.05, 4.69) is 15.9 Å². The van der Waals surface area contributed by atoms with Gasteiger partial charge in [-0.2, -0.15) is 0 Å². The average Bonchev–Trinajstić information content (AvgIpc) is 2.78. The van der Waals surface area contributed by atoms with E-state index in [1.165, 1.54) is 0 Å². The monoisotopic (exact) mass is 306 g/mol. The molecule has 88 valence electrons. The van der Waals surface area contributed by atoms with E-state index in [0.29, 0.717) is 13.2 Å². The lowest BCUT2D eigenvalue weighted by atomic mass is 10.1.